The molecule has 0 saturated heterocycles. The van der Waals surface area contributed by atoms with Gasteiger partial charge in [-0.1, -0.05) is 25.0 Å². The lowest BCUT2D eigenvalue weighted by Gasteiger charge is -2.22. The summed E-state index contributed by atoms with van der Waals surface area (Å²) in [6.45, 7) is 11.8. The van der Waals surface area contributed by atoms with Gasteiger partial charge in [0.15, 0.2) is 0 Å². The van der Waals surface area contributed by atoms with Gasteiger partial charge < -0.3 is 33.7 Å². The van der Waals surface area contributed by atoms with Crippen molar-refractivity contribution in [3.05, 3.63) is 29.8 Å². The third kappa shape index (κ3) is 20.2. The quantitative estimate of drug-likeness (QED) is 0.133. The van der Waals surface area contributed by atoms with E-state index in [1.165, 1.54) is 7.11 Å². The first-order valence-electron chi connectivity index (χ1n) is 14.2. The third-order valence-corrected chi connectivity index (χ3v) is 5.68. The molecule has 1 atom stereocenters. The van der Waals surface area contributed by atoms with Gasteiger partial charge in [-0.15, -0.1) is 0 Å². The van der Waals surface area contributed by atoms with Crippen LogP contribution < -0.4 is 10.1 Å². The smallest absolute Gasteiger partial charge is 0.408 e. The number of ether oxygens (including phenoxy) is 6. The molecule has 0 heterocycles. The van der Waals surface area contributed by atoms with Gasteiger partial charge in [0.1, 0.15) is 11.4 Å². The highest BCUT2D eigenvalue weighted by Crippen LogP contribution is 2.20. The van der Waals surface area contributed by atoms with E-state index in [0.717, 1.165) is 62.9 Å². The Morgan fingerprint density at radius 1 is 0.821 bits per heavy atom. The second-order valence-electron chi connectivity index (χ2n) is 10.4. The number of carbonyl (C=O) groups is 2. The summed E-state index contributed by atoms with van der Waals surface area (Å²) in [6.07, 6.45) is 6.94. The summed E-state index contributed by atoms with van der Waals surface area (Å²) in [7, 11) is 1.41. The second kappa shape index (κ2) is 21.5. The number of methoxy groups -OCH3 is 1. The highest BCUT2D eigenvalue weighted by molar-refractivity contribution is 5.69. The molecule has 1 aromatic rings. The van der Waals surface area contributed by atoms with E-state index in [0.29, 0.717) is 46.1 Å². The number of carbonyl (C=O) groups excluding carboxylic acids is 2. The van der Waals surface area contributed by atoms with Crippen molar-refractivity contribution >= 4 is 12.1 Å². The van der Waals surface area contributed by atoms with Gasteiger partial charge in [-0.05, 0) is 77.5 Å². The monoisotopic (exact) mass is 555 g/mol. The van der Waals surface area contributed by atoms with Crippen LogP contribution in [0, 0.1) is 0 Å². The number of benzene rings is 1. The standard InChI is InChI=1S/C30H51NO8.H2/c1-25(31-29(33)39-30(2,3)4)26-14-13-15-27(24-26)38-19-12-7-6-10-17-35-20-22-37-23-21-36-18-11-8-9-16-28(32)34-5;/h13-15,24-25H,6-12,16-23H2,1-5H3,(H,31,33);1H/t25-;/m1./s1. The lowest BCUT2D eigenvalue weighted by molar-refractivity contribution is -0.140. The molecule has 0 aromatic heterocycles. The van der Waals surface area contributed by atoms with E-state index in [-0.39, 0.29) is 13.4 Å². The Labute approximate surface area is 236 Å². The summed E-state index contributed by atoms with van der Waals surface area (Å²) in [6, 6.07) is 7.61. The third-order valence-electron chi connectivity index (χ3n) is 5.68. The number of rotatable bonds is 22. The molecule has 0 aliphatic carbocycles. The van der Waals surface area contributed by atoms with E-state index in [4.69, 9.17) is 23.7 Å². The topological polar surface area (TPSA) is 102 Å². The Bertz CT molecular complexity index is 787. The van der Waals surface area contributed by atoms with Crippen molar-refractivity contribution < 1.29 is 39.4 Å². The molecule has 9 heteroatoms. The molecule has 0 spiro atoms. The predicted molar refractivity (Wildman–Crippen MR) is 153 cm³/mol. The van der Waals surface area contributed by atoms with Gasteiger partial charge in [-0.25, -0.2) is 4.79 Å². The minimum Gasteiger partial charge on any atom is -0.494 e. The maximum atomic E-state index is 12.0. The average molecular weight is 556 g/mol. The van der Waals surface area contributed by atoms with E-state index in [1.54, 1.807) is 0 Å². The van der Waals surface area contributed by atoms with Crippen molar-refractivity contribution in [1.82, 2.24) is 5.32 Å². The average Bonchev–Trinajstić information content (AvgIpc) is 2.88. The van der Waals surface area contributed by atoms with E-state index in [1.807, 2.05) is 52.0 Å². The van der Waals surface area contributed by atoms with Crippen LogP contribution >= 0.6 is 0 Å². The highest BCUT2D eigenvalue weighted by Gasteiger charge is 2.18. The molecule has 39 heavy (non-hydrogen) atoms. The van der Waals surface area contributed by atoms with Crippen LogP contribution in [0.1, 0.15) is 92.1 Å². The number of hydrogen-bond acceptors (Lipinski definition) is 8. The Kier molecular flexibility index (Phi) is 19.1. The van der Waals surface area contributed by atoms with Gasteiger partial charge in [0, 0.05) is 21.1 Å². The predicted octanol–water partition coefficient (Wildman–Crippen LogP) is 6.24. The SMILES string of the molecule is COC(=O)CCCCCOCCOCCOCCCCCCOc1cccc([C@@H](C)NC(=O)OC(C)(C)C)c1.[HH]. The van der Waals surface area contributed by atoms with Crippen molar-refractivity contribution in [2.45, 2.75) is 90.7 Å². The maximum Gasteiger partial charge on any atom is 0.408 e. The van der Waals surface area contributed by atoms with Crippen molar-refractivity contribution in [3.8, 4) is 5.75 Å². The Morgan fingerprint density at radius 2 is 1.38 bits per heavy atom. The number of unbranched alkanes of at least 4 members (excludes halogenated alkanes) is 5. The van der Waals surface area contributed by atoms with Gasteiger partial charge in [-0.2, -0.15) is 0 Å². The molecule has 0 aliphatic heterocycles. The highest BCUT2D eigenvalue weighted by atomic mass is 16.6. The minimum atomic E-state index is -0.526. The van der Waals surface area contributed by atoms with Gasteiger partial charge >= 0.3 is 12.1 Å². The van der Waals surface area contributed by atoms with Crippen molar-refractivity contribution in [3.63, 3.8) is 0 Å². The molecule has 226 valence electrons. The van der Waals surface area contributed by atoms with Gasteiger partial charge in [0.25, 0.3) is 0 Å². The Hall–Kier alpha value is -2.36. The van der Waals surface area contributed by atoms with Crippen LogP contribution in [0.5, 0.6) is 5.75 Å². The second-order valence-corrected chi connectivity index (χ2v) is 10.4. The summed E-state index contributed by atoms with van der Waals surface area (Å²) in [5, 5.41) is 2.86. The van der Waals surface area contributed by atoms with Crippen LogP contribution in [0.15, 0.2) is 24.3 Å². The number of amides is 1. The van der Waals surface area contributed by atoms with E-state index in [2.05, 4.69) is 10.1 Å². The minimum absolute atomic E-state index is 0. The molecule has 9 nitrogen and oxygen atoms in total. The fraction of sp³-hybridized carbons (Fsp3) is 0.733. The van der Waals surface area contributed by atoms with Crippen molar-refractivity contribution in [2.75, 3.05) is 53.4 Å². The first kappa shape index (κ1) is 34.7. The van der Waals surface area contributed by atoms with Gasteiger partial charge in [0.05, 0.1) is 46.2 Å². The summed E-state index contributed by atoms with van der Waals surface area (Å²) in [4.78, 5) is 23.0. The summed E-state index contributed by atoms with van der Waals surface area (Å²) < 4.78 is 32.5. The number of hydrogen-bond donors (Lipinski definition) is 1. The molecule has 1 aromatic carbocycles. The summed E-state index contributed by atoms with van der Waals surface area (Å²) in [5.74, 6) is 0.646. The molecule has 1 rings (SSSR count). The molecule has 0 fully saturated rings. The molecule has 0 bridgehead atoms. The molecule has 1 N–H and O–H groups in total. The Morgan fingerprint density at radius 3 is 1.97 bits per heavy atom. The van der Waals surface area contributed by atoms with Crippen LogP contribution in [-0.4, -0.2) is 71.0 Å². The molecule has 0 aliphatic rings. The number of alkyl carbamates (subject to hydrolysis) is 1. The zero-order valence-corrected chi connectivity index (χ0v) is 24.8. The van der Waals surface area contributed by atoms with Crippen LogP contribution in [0.25, 0.3) is 0 Å². The van der Waals surface area contributed by atoms with Gasteiger partial charge in [-0.3, -0.25) is 4.79 Å². The van der Waals surface area contributed by atoms with Crippen LogP contribution in [0.2, 0.25) is 0 Å². The summed E-state index contributed by atoms with van der Waals surface area (Å²) >= 11 is 0. The molecule has 0 unspecified atom stereocenters. The van der Waals surface area contributed by atoms with Crippen LogP contribution in [-0.2, 0) is 28.5 Å². The van der Waals surface area contributed by atoms with Crippen molar-refractivity contribution in [2.24, 2.45) is 0 Å². The van der Waals surface area contributed by atoms with Crippen molar-refractivity contribution in [1.29, 1.82) is 0 Å². The normalized spacial score (nSPS) is 12.1. The molecule has 0 radical (unpaired) electrons. The first-order chi connectivity index (χ1) is 18.7. The van der Waals surface area contributed by atoms with E-state index in [9.17, 15) is 9.59 Å². The fourth-order valence-electron chi connectivity index (χ4n) is 3.59. The largest absolute Gasteiger partial charge is 0.494 e. The van der Waals surface area contributed by atoms with E-state index >= 15 is 0 Å². The van der Waals surface area contributed by atoms with Gasteiger partial charge in [0.2, 0.25) is 0 Å². The first-order valence-corrected chi connectivity index (χ1v) is 14.2. The molecule has 1 amide bonds. The summed E-state index contributed by atoms with van der Waals surface area (Å²) in [5.41, 5.74) is 0.443. The maximum absolute atomic E-state index is 12.0. The Balaban J connectivity index is 0.0000152. The van der Waals surface area contributed by atoms with Crippen LogP contribution in [0.4, 0.5) is 4.79 Å². The lowest BCUT2D eigenvalue weighted by Crippen LogP contribution is -2.34. The number of esters is 1. The zero-order chi connectivity index (χ0) is 28.8. The lowest BCUT2D eigenvalue weighted by atomic mass is 10.1. The molecular weight excluding hydrogens is 502 g/mol. The zero-order valence-electron chi connectivity index (χ0n) is 24.8. The van der Waals surface area contributed by atoms with Crippen LogP contribution in [0.3, 0.4) is 0 Å². The fourth-order valence-corrected chi connectivity index (χ4v) is 3.59. The molecular formula is C30H53NO8. The van der Waals surface area contributed by atoms with E-state index < -0.39 is 11.7 Å². The number of nitrogens with one attached hydrogen (secondary N) is 1. The molecule has 0 saturated carbocycles.